The minimum absolute atomic E-state index is 0.0746. The standard InChI is InChI=1S/C21H21BrN4O2/c1-21(2,3)19-12-17(26(25-19)16-7-5-4-6-8-16)20(28)24-23-13-14-11-15(22)9-10-18(14)27/h4-13,27H,1-3H3,(H,24,28)/b23-13+. The van der Waals surface area contributed by atoms with Gasteiger partial charge in [-0.15, -0.1) is 0 Å². The van der Waals surface area contributed by atoms with Gasteiger partial charge in [-0.1, -0.05) is 54.9 Å². The van der Waals surface area contributed by atoms with Gasteiger partial charge in [0.15, 0.2) is 0 Å². The molecular weight excluding hydrogens is 420 g/mol. The Bertz CT molecular complexity index is 1020. The van der Waals surface area contributed by atoms with Crippen molar-refractivity contribution in [2.24, 2.45) is 5.10 Å². The summed E-state index contributed by atoms with van der Waals surface area (Å²) in [5, 5.41) is 18.5. The highest BCUT2D eigenvalue weighted by molar-refractivity contribution is 9.10. The van der Waals surface area contributed by atoms with E-state index in [-0.39, 0.29) is 11.2 Å². The lowest BCUT2D eigenvalue weighted by Crippen LogP contribution is -2.21. The zero-order valence-electron chi connectivity index (χ0n) is 15.8. The highest BCUT2D eigenvalue weighted by atomic mass is 79.9. The van der Waals surface area contributed by atoms with E-state index in [0.29, 0.717) is 11.3 Å². The Hall–Kier alpha value is -2.93. The molecular formula is C21H21BrN4O2. The van der Waals surface area contributed by atoms with E-state index < -0.39 is 5.91 Å². The summed E-state index contributed by atoms with van der Waals surface area (Å²) in [6, 6.07) is 16.2. The minimum Gasteiger partial charge on any atom is -0.507 e. The van der Waals surface area contributed by atoms with Crippen LogP contribution in [0.15, 0.2) is 64.2 Å². The Morgan fingerprint density at radius 1 is 1.18 bits per heavy atom. The van der Waals surface area contributed by atoms with Crippen molar-refractivity contribution in [3.05, 3.63) is 76.0 Å². The van der Waals surface area contributed by atoms with Gasteiger partial charge in [-0.25, -0.2) is 10.1 Å². The fraction of sp³-hybridized carbons (Fsp3) is 0.190. The molecule has 0 aliphatic rings. The fourth-order valence-corrected chi connectivity index (χ4v) is 2.90. The number of aromatic nitrogens is 2. The molecule has 0 saturated heterocycles. The fourth-order valence-electron chi connectivity index (χ4n) is 2.52. The number of hydrazone groups is 1. The van der Waals surface area contributed by atoms with Crippen LogP contribution >= 0.6 is 15.9 Å². The van der Waals surface area contributed by atoms with Crippen molar-refractivity contribution in [1.29, 1.82) is 0 Å². The molecule has 6 nitrogen and oxygen atoms in total. The molecule has 0 spiro atoms. The van der Waals surface area contributed by atoms with Gasteiger partial charge in [0.2, 0.25) is 0 Å². The maximum atomic E-state index is 12.8. The number of carbonyl (C=O) groups excluding carboxylic acids is 1. The highest BCUT2D eigenvalue weighted by Crippen LogP contribution is 2.24. The average molecular weight is 441 g/mol. The highest BCUT2D eigenvalue weighted by Gasteiger charge is 2.23. The number of phenols is 1. The summed E-state index contributed by atoms with van der Waals surface area (Å²) in [5.74, 6) is -0.317. The normalized spacial score (nSPS) is 11.7. The molecule has 0 aliphatic carbocycles. The Morgan fingerprint density at radius 3 is 2.57 bits per heavy atom. The first-order valence-corrected chi connectivity index (χ1v) is 9.53. The molecule has 0 bridgehead atoms. The average Bonchev–Trinajstić information content (AvgIpc) is 3.11. The van der Waals surface area contributed by atoms with Crippen LogP contribution in [0.5, 0.6) is 5.75 Å². The maximum absolute atomic E-state index is 12.8. The van der Waals surface area contributed by atoms with Gasteiger partial charge in [-0.2, -0.15) is 10.2 Å². The van der Waals surface area contributed by atoms with Gasteiger partial charge in [-0.05, 0) is 36.4 Å². The second kappa shape index (κ2) is 7.98. The van der Waals surface area contributed by atoms with Gasteiger partial charge < -0.3 is 5.11 Å². The summed E-state index contributed by atoms with van der Waals surface area (Å²) < 4.78 is 2.41. The molecule has 1 heterocycles. The molecule has 0 radical (unpaired) electrons. The van der Waals surface area contributed by atoms with Crippen molar-refractivity contribution in [3.63, 3.8) is 0 Å². The third-order valence-corrected chi connectivity index (χ3v) is 4.56. The van der Waals surface area contributed by atoms with E-state index >= 15 is 0 Å². The van der Waals surface area contributed by atoms with Crippen LogP contribution in [-0.4, -0.2) is 27.0 Å². The van der Waals surface area contributed by atoms with E-state index in [4.69, 9.17) is 0 Å². The number of para-hydroxylation sites is 1. The predicted octanol–water partition coefficient (Wildman–Crippen LogP) is 4.40. The largest absolute Gasteiger partial charge is 0.507 e. The Labute approximate surface area is 172 Å². The molecule has 0 fully saturated rings. The summed E-state index contributed by atoms with van der Waals surface area (Å²) in [6.45, 7) is 6.13. The first-order chi connectivity index (χ1) is 13.3. The quantitative estimate of drug-likeness (QED) is 0.465. The first-order valence-electron chi connectivity index (χ1n) is 8.73. The molecule has 1 amide bonds. The van der Waals surface area contributed by atoms with Gasteiger partial charge in [-0.3, -0.25) is 4.79 Å². The summed E-state index contributed by atoms with van der Waals surface area (Å²) in [6.07, 6.45) is 1.39. The molecule has 0 saturated carbocycles. The van der Waals surface area contributed by atoms with E-state index in [1.165, 1.54) is 6.21 Å². The number of nitrogens with one attached hydrogen (secondary N) is 1. The van der Waals surface area contributed by atoms with Crippen LogP contribution < -0.4 is 5.43 Å². The number of carbonyl (C=O) groups is 1. The SMILES string of the molecule is CC(C)(C)c1cc(C(=O)N/N=C/c2cc(Br)ccc2O)n(-c2ccccc2)n1. The summed E-state index contributed by atoms with van der Waals surface area (Å²) in [4.78, 5) is 12.8. The molecule has 2 N–H and O–H groups in total. The van der Waals surface area contributed by atoms with Crippen molar-refractivity contribution >= 4 is 28.1 Å². The lowest BCUT2D eigenvalue weighted by Gasteiger charge is -2.14. The lowest BCUT2D eigenvalue weighted by atomic mass is 9.92. The summed E-state index contributed by atoms with van der Waals surface area (Å²) in [7, 11) is 0. The molecule has 1 aromatic heterocycles. The monoisotopic (exact) mass is 440 g/mol. The smallest absolute Gasteiger partial charge is 0.290 e. The second-order valence-electron chi connectivity index (χ2n) is 7.31. The van der Waals surface area contributed by atoms with E-state index in [9.17, 15) is 9.90 Å². The Kier molecular flexibility index (Phi) is 5.65. The number of benzene rings is 2. The number of amides is 1. The van der Waals surface area contributed by atoms with E-state index in [0.717, 1.165) is 15.9 Å². The Morgan fingerprint density at radius 2 is 1.89 bits per heavy atom. The van der Waals surface area contributed by atoms with Crippen LogP contribution in [0.3, 0.4) is 0 Å². The van der Waals surface area contributed by atoms with Crippen molar-refractivity contribution in [2.75, 3.05) is 0 Å². The van der Waals surface area contributed by atoms with Crippen LogP contribution in [0.4, 0.5) is 0 Å². The number of rotatable bonds is 4. The molecule has 0 atom stereocenters. The lowest BCUT2D eigenvalue weighted by molar-refractivity contribution is 0.0947. The number of hydrogen-bond acceptors (Lipinski definition) is 4. The molecule has 7 heteroatoms. The number of phenolic OH excluding ortho intramolecular Hbond substituents is 1. The van der Waals surface area contributed by atoms with Crippen LogP contribution in [0.2, 0.25) is 0 Å². The van der Waals surface area contributed by atoms with E-state index in [1.807, 2.05) is 51.1 Å². The summed E-state index contributed by atoms with van der Waals surface area (Å²) in [5.41, 5.74) is 4.76. The predicted molar refractivity (Wildman–Crippen MR) is 113 cm³/mol. The molecule has 2 aromatic carbocycles. The third kappa shape index (κ3) is 4.48. The minimum atomic E-state index is -0.391. The Balaban J connectivity index is 1.89. The van der Waals surface area contributed by atoms with Crippen molar-refractivity contribution < 1.29 is 9.90 Å². The van der Waals surface area contributed by atoms with Crippen LogP contribution in [0.25, 0.3) is 5.69 Å². The zero-order valence-corrected chi connectivity index (χ0v) is 17.4. The van der Waals surface area contributed by atoms with Crippen LogP contribution in [0.1, 0.15) is 42.5 Å². The molecule has 28 heavy (non-hydrogen) atoms. The van der Waals surface area contributed by atoms with Crippen LogP contribution in [-0.2, 0) is 5.41 Å². The topological polar surface area (TPSA) is 79.5 Å². The van der Waals surface area contributed by atoms with Gasteiger partial charge >= 0.3 is 0 Å². The van der Waals surface area contributed by atoms with Gasteiger partial charge in [0.25, 0.3) is 5.91 Å². The van der Waals surface area contributed by atoms with Gasteiger partial charge in [0.1, 0.15) is 11.4 Å². The number of aromatic hydroxyl groups is 1. The summed E-state index contributed by atoms with van der Waals surface area (Å²) >= 11 is 3.34. The molecule has 3 aromatic rings. The van der Waals surface area contributed by atoms with E-state index in [1.54, 1.807) is 28.9 Å². The van der Waals surface area contributed by atoms with Crippen molar-refractivity contribution in [3.8, 4) is 11.4 Å². The van der Waals surface area contributed by atoms with E-state index in [2.05, 4.69) is 31.6 Å². The van der Waals surface area contributed by atoms with Gasteiger partial charge in [0, 0.05) is 15.5 Å². The number of hydrogen-bond donors (Lipinski definition) is 2. The first kappa shape index (κ1) is 19.8. The van der Waals surface area contributed by atoms with Crippen molar-refractivity contribution in [1.82, 2.24) is 15.2 Å². The molecule has 3 rings (SSSR count). The van der Waals surface area contributed by atoms with Crippen molar-refractivity contribution in [2.45, 2.75) is 26.2 Å². The second-order valence-corrected chi connectivity index (χ2v) is 8.23. The van der Waals surface area contributed by atoms with Gasteiger partial charge in [0.05, 0.1) is 17.6 Å². The molecule has 0 unspecified atom stereocenters. The molecule has 0 aliphatic heterocycles. The zero-order chi connectivity index (χ0) is 20.3. The maximum Gasteiger partial charge on any atom is 0.290 e. The number of nitrogens with zero attached hydrogens (tertiary/aromatic N) is 3. The molecule has 144 valence electrons. The third-order valence-electron chi connectivity index (χ3n) is 4.07. The number of halogens is 1. The van der Waals surface area contributed by atoms with Crippen LogP contribution in [0, 0.1) is 0 Å².